The lowest BCUT2D eigenvalue weighted by molar-refractivity contribution is 0.969. The molecule has 0 amide bonds. The highest BCUT2D eigenvalue weighted by molar-refractivity contribution is 5.64. The Balaban J connectivity index is 2.32. The SMILES string of the molecule is Cc1ccc(-c2cccc(CCN)c2)cc1. The minimum absolute atomic E-state index is 0.706. The summed E-state index contributed by atoms with van der Waals surface area (Å²) in [5.41, 5.74) is 10.7. The molecule has 2 N–H and O–H groups in total. The first-order valence-electron chi connectivity index (χ1n) is 5.65. The van der Waals surface area contributed by atoms with Crippen molar-refractivity contribution in [2.75, 3.05) is 6.54 Å². The second kappa shape index (κ2) is 4.95. The highest BCUT2D eigenvalue weighted by Gasteiger charge is 1.98. The first-order chi connectivity index (χ1) is 7.79. The lowest BCUT2D eigenvalue weighted by Crippen LogP contribution is -2.02. The molecule has 0 radical (unpaired) electrons. The molecule has 0 bridgehead atoms. The van der Waals surface area contributed by atoms with Gasteiger partial charge >= 0.3 is 0 Å². The number of benzene rings is 2. The lowest BCUT2D eigenvalue weighted by atomic mass is 10.0. The molecule has 16 heavy (non-hydrogen) atoms. The molecule has 0 aliphatic heterocycles. The third kappa shape index (κ3) is 2.50. The van der Waals surface area contributed by atoms with Gasteiger partial charge in [-0.3, -0.25) is 0 Å². The van der Waals surface area contributed by atoms with E-state index in [9.17, 15) is 0 Å². The monoisotopic (exact) mass is 211 g/mol. The van der Waals surface area contributed by atoms with Gasteiger partial charge in [-0.05, 0) is 36.6 Å². The Morgan fingerprint density at radius 1 is 0.938 bits per heavy atom. The molecule has 0 aliphatic carbocycles. The van der Waals surface area contributed by atoms with Crippen LogP contribution in [0.25, 0.3) is 11.1 Å². The summed E-state index contributed by atoms with van der Waals surface area (Å²) in [6.07, 6.45) is 0.944. The molecule has 0 heterocycles. The van der Waals surface area contributed by atoms with Gasteiger partial charge in [0.15, 0.2) is 0 Å². The summed E-state index contributed by atoms with van der Waals surface area (Å²) in [5, 5.41) is 0. The Labute approximate surface area is 96.9 Å². The van der Waals surface area contributed by atoms with Crippen LogP contribution in [0.15, 0.2) is 48.5 Å². The topological polar surface area (TPSA) is 26.0 Å². The van der Waals surface area contributed by atoms with Crippen LogP contribution in [-0.2, 0) is 6.42 Å². The lowest BCUT2D eigenvalue weighted by Gasteiger charge is -2.05. The van der Waals surface area contributed by atoms with Crippen molar-refractivity contribution in [3.63, 3.8) is 0 Å². The number of aryl methyl sites for hydroxylation is 1. The normalized spacial score (nSPS) is 10.4. The van der Waals surface area contributed by atoms with Crippen LogP contribution in [0.5, 0.6) is 0 Å². The zero-order valence-electron chi connectivity index (χ0n) is 9.61. The van der Waals surface area contributed by atoms with Crippen LogP contribution >= 0.6 is 0 Å². The summed E-state index contributed by atoms with van der Waals surface area (Å²) in [6, 6.07) is 17.2. The largest absolute Gasteiger partial charge is 0.330 e. The Hall–Kier alpha value is -1.60. The molecule has 0 aliphatic rings. The van der Waals surface area contributed by atoms with E-state index in [1.165, 1.54) is 22.3 Å². The van der Waals surface area contributed by atoms with Crippen molar-refractivity contribution in [3.05, 3.63) is 59.7 Å². The molecule has 0 fully saturated rings. The summed E-state index contributed by atoms with van der Waals surface area (Å²) in [7, 11) is 0. The highest BCUT2D eigenvalue weighted by atomic mass is 14.5. The van der Waals surface area contributed by atoms with Gasteiger partial charge in [0.05, 0.1) is 0 Å². The van der Waals surface area contributed by atoms with Crippen LogP contribution < -0.4 is 5.73 Å². The second-order valence-electron chi connectivity index (χ2n) is 4.11. The van der Waals surface area contributed by atoms with Crippen molar-refractivity contribution in [1.29, 1.82) is 0 Å². The molecule has 0 saturated heterocycles. The Morgan fingerprint density at radius 3 is 2.38 bits per heavy atom. The summed E-state index contributed by atoms with van der Waals surface area (Å²) >= 11 is 0. The van der Waals surface area contributed by atoms with Crippen molar-refractivity contribution in [2.45, 2.75) is 13.3 Å². The molecule has 1 nitrogen and oxygen atoms in total. The van der Waals surface area contributed by atoms with E-state index < -0.39 is 0 Å². The van der Waals surface area contributed by atoms with Gasteiger partial charge in [-0.1, -0.05) is 54.1 Å². The zero-order chi connectivity index (χ0) is 11.4. The predicted octanol–water partition coefficient (Wildman–Crippen LogP) is 3.16. The molecule has 0 unspecified atom stereocenters. The van der Waals surface area contributed by atoms with Crippen molar-refractivity contribution < 1.29 is 0 Å². The van der Waals surface area contributed by atoms with Gasteiger partial charge in [0.25, 0.3) is 0 Å². The fraction of sp³-hybridized carbons (Fsp3) is 0.200. The van der Waals surface area contributed by atoms with E-state index in [0.717, 1.165) is 6.42 Å². The van der Waals surface area contributed by atoms with Crippen LogP contribution in [0.3, 0.4) is 0 Å². The fourth-order valence-corrected chi connectivity index (χ4v) is 1.82. The minimum atomic E-state index is 0.706. The highest BCUT2D eigenvalue weighted by Crippen LogP contribution is 2.20. The predicted molar refractivity (Wildman–Crippen MR) is 69.4 cm³/mol. The van der Waals surface area contributed by atoms with Crippen LogP contribution in [0, 0.1) is 6.92 Å². The number of rotatable bonds is 3. The quantitative estimate of drug-likeness (QED) is 0.829. The fourth-order valence-electron chi connectivity index (χ4n) is 1.82. The van der Waals surface area contributed by atoms with E-state index in [-0.39, 0.29) is 0 Å². The van der Waals surface area contributed by atoms with E-state index in [0.29, 0.717) is 6.54 Å². The Morgan fingerprint density at radius 2 is 1.69 bits per heavy atom. The molecule has 82 valence electrons. The van der Waals surface area contributed by atoms with Gasteiger partial charge < -0.3 is 5.73 Å². The summed E-state index contributed by atoms with van der Waals surface area (Å²) < 4.78 is 0. The van der Waals surface area contributed by atoms with Gasteiger partial charge in [-0.15, -0.1) is 0 Å². The van der Waals surface area contributed by atoms with Crippen LogP contribution in [0.4, 0.5) is 0 Å². The Bertz CT molecular complexity index is 457. The van der Waals surface area contributed by atoms with Gasteiger partial charge in [0, 0.05) is 0 Å². The summed E-state index contributed by atoms with van der Waals surface area (Å²) in [6.45, 7) is 2.81. The summed E-state index contributed by atoms with van der Waals surface area (Å²) in [5.74, 6) is 0. The molecule has 2 rings (SSSR count). The minimum Gasteiger partial charge on any atom is -0.330 e. The van der Waals surface area contributed by atoms with Gasteiger partial charge in [-0.2, -0.15) is 0 Å². The third-order valence-corrected chi connectivity index (χ3v) is 2.74. The first kappa shape index (κ1) is 10.9. The molecule has 2 aromatic carbocycles. The van der Waals surface area contributed by atoms with Crippen molar-refractivity contribution in [3.8, 4) is 11.1 Å². The van der Waals surface area contributed by atoms with Crippen molar-refractivity contribution in [2.24, 2.45) is 5.73 Å². The van der Waals surface area contributed by atoms with Crippen molar-refractivity contribution in [1.82, 2.24) is 0 Å². The molecule has 2 aromatic rings. The maximum Gasteiger partial charge on any atom is -0.00367 e. The maximum atomic E-state index is 5.57. The molecule has 1 heteroatoms. The molecule has 0 spiro atoms. The summed E-state index contributed by atoms with van der Waals surface area (Å²) in [4.78, 5) is 0. The zero-order valence-corrected chi connectivity index (χ0v) is 9.61. The molecular weight excluding hydrogens is 194 g/mol. The maximum absolute atomic E-state index is 5.57. The second-order valence-corrected chi connectivity index (χ2v) is 4.11. The van der Waals surface area contributed by atoms with E-state index in [2.05, 4.69) is 55.5 Å². The Kier molecular flexibility index (Phi) is 3.37. The van der Waals surface area contributed by atoms with Crippen molar-refractivity contribution >= 4 is 0 Å². The number of hydrogen-bond acceptors (Lipinski definition) is 1. The number of hydrogen-bond donors (Lipinski definition) is 1. The average Bonchev–Trinajstić information content (AvgIpc) is 2.31. The molecular formula is C15H17N. The van der Waals surface area contributed by atoms with Gasteiger partial charge in [-0.25, -0.2) is 0 Å². The molecule has 0 saturated carbocycles. The van der Waals surface area contributed by atoms with Gasteiger partial charge in [0.1, 0.15) is 0 Å². The molecule has 0 aromatic heterocycles. The van der Waals surface area contributed by atoms with Crippen LogP contribution in [0.1, 0.15) is 11.1 Å². The van der Waals surface area contributed by atoms with Crippen LogP contribution in [0.2, 0.25) is 0 Å². The first-order valence-corrected chi connectivity index (χ1v) is 5.65. The molecule has 0 atom stereocenters. The van der Waals surface area contributed by atoms with E-state index in [1.807, 2.05) is 0 Å². The third-order valence-electron chi connectivity index (χ3n) is 2.74. The van der Waals surface area contributed by atoms with Crippen LogP contribution in [-0.4, -0.2) is 6.54 Å². The number of nitrogens with two attached hydrogens (primary N) is 1. The van der Waals surface area contributed by atoms with E-state index >= 15 is 0 Å². The van der Waals surface area contributed by atoms with E-state index in [4.69, 9.17) is 5.73 Å². The average molecular weight is 211 g/mol. The van der Waals surface area contributed by atoms with E-state index in [1.54, 1.807) is 0 Å². The standard InChI is InChI=1S/C15H17N/c1-12-5-7-14(8-6-12)15-4-2-3-13(11-15)9-10-16/h2-8,11H,9-10,16H2,1H3. The van der Waals surface area contributed by atoms with Gasteiger partial charge in [0.2, 0.25) is 0 Å². The smallest absolute Gasteiger partial charge is 0.00367 e.